The van der Waals surface area contributed by atoms with Gasteiger partial charge in [-0.1, -0.05) is 36.7 Å². The van der Waals surface area contributed by atoms with Gasteiger partial charge in [0.25, 0.3) is 0 Å². The maximum atomic E-state index is 11.2. The molecule has 11 heavy (non-hydrogen) atoms. The molecule has 0 N–H and O–H groups in total. The summed E-state index contributed by atoms with van der Waals surface area (Å²) in [6.07, 6.45) is 1.72. The molecule has 0 heterocycles. The lowest BCUT2D eigenvalue weighted by Crippen LogP contribution is -2.36. The first-order valence-electron chi connectivity index (χ1n) is 4.10. The zero-order valence-electron chi connectivity index (χ0n) is 7.36. The number of carbonyl (C=O) groups is 1. The standard InChI is InChI=1S/C9H15BrO/c1-6-4-8(11)7(10)5-9(6,2)3/h6-7H,4-5H2,1-3H3/t6-,7-/m1/s1. The first-order chi connectivity index (χ1) is 4.93. The summed E-state index contributed by atoms with van der Waals surface area (Å²) in [5.41, 5.74) is 0.322. The number of hydrogen-bond donors (Lipinski definition) is 0. The van der Waals surface area contributed by atoms with Gasteiger partial charge in [0.05, 0.1) is 4.83 Å². The molecule has 0 saturated heterocycles. The van der Waals surface area contributed by atoms with E-state index in [1.54, 1.807) is 0 Å². The van der Waals surface area contributed by atoms with Crippen LogP contribution in [0.2, 0.25) is 0 Å². The Labute approximate surface area is 76.7 Å². The highest BCUT2D eigenvalue weighted by Crippen LogP contribution is 2.40. The topological polar surface area (TPSA) is 17.1 Å². The number of Topliss-reactive ketones (excluding diaryl/α,β-unsaturated/α-hetero) is 1. The third-order valence-electron chi connectivity index (χ3n) is 2.90. The van der Waals surface area contributed by atoms with Gasteiger partial charge in [-0.25, -0.2) is 0 Å². The molecule has 2 heteroatoms. The van der Waals surface area contributed by atoms with E-state index in [1.165, 1.54) is 0 Å². The molecule has 0 aromatic rings. The molecule has 1 aliphatic carbocycles. The molecule has 64 valence electrons. The average Bonchev–Trinajstić information content (AvgIpc) is 1.83. The van der Waals surface area contributed by atoms with Crippen molar-refractivity contribution in [2.24, 2.45) is 11.3 Å². The number of hydrogen-bond acceptors (Lipinski definition) is 1. The summed E-state index contributed by atoms with van der Waals surface area (Å²) in [6, 6.07) is 0. The quantitative estimate of drug-likeness (QED) is 0.572. The highest BCUT2D eigenvalue weighted by Gasteiger charge is 2.37. The molecule has 0 bridgehead atoms. The van der Waals surface area contributed by atoms with E-state index in [1.807, 2.05) is 0 Å². The van der Waals surface area contributed by atoms with Crippen LogP contribution in [0, 0.1) is 11.3 Å². The lowest BCUT2D eigenvalue weighted by Gasteiger charge is -2.37. The Kier molecular flexibility index (Phi) is 2.43. The zero-order chi connectivity index (χ0) is 8.65. The highest BCUT2D eigenvalue weighted by molar-refractivity contribution is 9.10. The van der Waals surface area contributed by atoms with Gasteiger partial charge in [-0.3, -0.25) is 4.79 Å². The molecular weight excluding hydrogens is 204 g/mol. The van der Waals surface area contributed by atoms with Gasteiger partial charge >= 0.3 is 0 Å². The molecule has 1 fully saturated rings. The fraction of sp³-hybridized carbons (Fsp3) is 0.889. The Balaban J connectivity index is 2.70. The van der Waals surface area contributed by atoms with Gasteiger partial charge in [0.1, 0.15) is 5.78 Å². The molecule has 1 saturated carbocycles. The summed E-state index contributed by atoms with van der Waals surface area (Å²) < 4.78 is 0. The van der Waals surface area contributed by atoms with Crippen molar-refractivity contribution in [3.8, 4) is 0 Å². The molecule has 1 nitrogen and oxygen atoms in total. The predicted octanol–water partition coefficient (Wildman–Crippen LogP) is 2.78. The molecule has 1 aliphatic rings. The third-order valence-corrected chi connectivity index (χ3v) is 3.73. The summed E-state index contributed by atoms with van der Waals surface area (Å²) in [4.78, 5) is 11.4. The van der Waals surface area contributed by atoms with Gasteiger partial charge in [-0.2, -0.15) is 0 Å². The van der Waals surface area contributed by atoms with Gasteiger partial charge in [0.2, 0.25) is 0 Å². The Morgan fingerprint density at radius 3 is 2.55 bits per heavy atom. The van der Waals surface area contributed by atoms with E-state index in [2.05, 4.69) is 36.7 Å². The number of carbonyl (C=O) groups excluding carboxylic acids is 1. The van der Waals surface area contributed by atoms with E-state index < -0.39 is 0 Å². The first kappa shape index (κ1) is 9.24. The smallest absolute Gasteiger partial charge is 0.146 e. The van der Waals surface area contributed by atoms with Crippen molar-refractivity contribution in [1.29, 1.82) is 0 Å². The lowest BCUT2D eigenvalue weighted by molar-refractivity contribution is -0.123. The summed E-state index contributed by atoms with van der Waals surface area (Å²) in [5.74, 6) is 0.903. The molecule has 0 amide bonds. The van der Waals surface area contributed by atoms with Crippen molar-refractivity contribution in [2.75, 3.05) is 0 Å². The summed E-state index contributed by atoms with van der Waals surface area (Å²) in [7, 11) is 0. The van der Waals surface area contributed by atoms with Crippen LogP contribution < -0.4 is 0 Å². The monoisotopic (exact) mass is 218 g/mol. The van der Waals surface area contributed by atoms with Crippen molar-refractivity contribution in [3.63, 3.8) is 0 Å². The fourth-order valence-electron chi connectivity index (χ4n) is 1.48. The van der Waals surface area contributed by atoms with Crippen molar-refractivity contribution in [3.05, 3.63) is 0 Å². The SMILES string of the molecule is C[C@@H]1CC(=O)[C@H](Br)CC1(C)C. The predicted molar refractivity (Wildman–Crippen MR) is 49.9 cm³/mol. The van der Waals surface area contributed by atoms with Gasteiger partial charge in [0, 0.05) is 6.42 Å². The molecular formula is C9H15BrO. The van der Waals surface area contributed by atoms with Crippen molar-refractivity contribution in [2.45, 2.75) is 38.4 Å². The van der Waals surface area contributed by atoms with Gasteiger partial charge in [-0.05, 0) is 17.8 Å². The number of halogens is 1. The molecule has 0 aliphatic heterocycles. The molecule has 1 rings (SSSR count). The van der Waals surface area contributed by atoms with Crippen LogP contribution in [0.15, 0.2) is 0 Å². The van der Waals surface area contributed by atoms with E-state index in [4.69, 9.17) is 0 Å². The second-order valence-electron chi connectivity index (χ2n) is 4.23. The lowest BCUT2D eigenvalue weighted by atomic mass is 9.69. The maximum Gasteiger partial charge on any atom is 0.146 e. The molecule has 0 aromatic carbocycles. The summed E-state index contributed by atoms with van der Waals surface area (Å²) in [5, 5.41) is 0. The number of rotatable bonds is 0. The van der Waals surface area contributed by atoms with E-state index >= 15 is 0 Å². The van der Waals surface area contributed by atoms with Crippen LogP contribution in [-0.4, -0.2) is 10.6 Å². The minimum atomic E-state index is 0.105. The van der Waals surface area contributed by atoms with Gasteiger partial charge < -0.3 is 0 Å². The van der Waals surface area contributed by atoms with Crippen LogP contribution >= 0.6 is 15.9 Å². The normalized spacial score (nSPS) is 37.3. The largest absolute Gasteiger partial charge is 0.298 e. The van der Waals surface area contributed by atoms with Crippen LogP contribution in [0.1, 0.15) is 33.6 Å². The zero-order valence-corrected chi connectivity index (χ0v) is 8.94. The Morgan fingerprint density at radius 1 is 1.55 bits per heavy atom. The second-order valence-corrected chi connectivity index (χ2v) is 5.34. The minimum Gasteiger partial charge on any atom is -0.298 e. The number of alkyl halides is 1. The van der Waals surface area contributed by atoms with Crippen LogP contribution in [0.3, 0.4) is 0 Å². The molecule has 2 atom stereocenters. The van der Waals surface area contributed by atoms with E-state index in [0.717, 1.165) is 12.8 Å². The van der Waals surface area contributed by atoms with Crippen LogP contribution in [0.25, 0.3) is 0 Å². The minimum absolute atomic E-state index is 0.105. The first-order valence-corrected chi connectivity index (χ1v) is 5.02. The van der Waals surface area contributed by atoms with Crippen molar-refractivity contribution < 1.29 is 4.79 Å². The van der Waals surface area contributed by atoms with E-state index in [0.29, 0.717) is 17.1 Å². The Bertz CT molecular complexity index is 174. The van der Waals surface area contributed by atoms with E-state index in [9.17, 15) is 4.79 Å². The fourth-order valence-corrected chi connectivity index (χ4v) is 2.50. The third kappa shape index (κ3) is 1.84. The highest BCUT2D eigenvalue weighted by atomic mass is 79.9. The molecule has 0 aromatic heterocycles. The summed E-state index contributed by atoms with van der Waals surface area (Å²) in [6.45, 7) is 6.63. The van der Waals surface area contributed by atoms with Gasteiger partial charge in [-0.15, -0.1) is 0 Å². The van der Waals surface area contributed by atoms with Crippen molar-refractivity contribution in [1.82, 2.24) is 0 Å². The van der Waals surface area contributed by atoms with Crippen LogP contribution in [0.5, 0.6) is 0 Å². The van der Waals surface area contributed by atoms with Crippen LogP contribution in [0.4, 0.5) is 0 Å². The number of ketones is 1. The maximum absolute atomic E-state index is 11.2. The van der Waals surface area contributed by atoms with Gasteiger partial charge in [0.15, 0.2) is 0 Å². The molecule has 0 unspecified atom stereocenters. The Hall–Kier alpha value is 0.150. The Morgan fingerprint density at radius 2 is 2.09 bits per heavy atom. The van der Waals surface area contributed by atoms with E-state index in [-0.39, 0.29) is 4.83 Å². The second kappa shape index (κ2) is 2.89. The molecule has 0 spiro atoms. The van der Waals surface area contributed by atoms with Crippen LogP contribution in [-0.2, 0) is 4.79 Å². The summed E-state index contributed by atoms with van der Waals surface area (Å²) >= 11 is 3.41. The van der Waals surface area contributed by atoms with Crippen molar-refractivity contribution >= 4 is 21.7 Å². The molecule has 0 radical (unpaired) electrons. The average molecular weight is 219 g/mol.